The first-order valence-electron chi connectivity index (χ1n) is 4.37. The minimum absolute atomic E-state index is 0.788. The van der Waals surface area contributed by atoms with Gasteiger partial charge < -0.3 is 4.90 Å². The summed E-state index contributed by atoms with van der Waals surface area (Å²) in [6.07, 6.45) is 0.903. The number of thiophene rings is 1. The lowest BCUT2D eigenvalue weighted by molar-refractivity contribution is 0.112. The fourth-order valence-corrected chi connectivity index (χ4v) is 2.25. The molecule has 2 nitrogen and oxygen atoms in total. The second-order valence-corrected chi connectivity index (χ2v) is 4.50. The van der Waals surface area contributed by atoms with Gasteiger partial charge in [0.05, 0.1) is 4.88 Å². The van der Waals surface area contributed by atoms with Crippen LogP contribution in [-0.4, -0.2) is 20.4 Å². The number of hydrogen-bond donors (Lipinski definition) is 0. The maximum atomic E-state index is 10.6. The van der Waals surface area contributed by atoms with E-state index in [0.29, 0.717) is 0 Å². The normalized spacial score (nSPS) is 10.4. The van der Waals surface area contributed by atoms with Gasteiger partial charge in [-0.3, -0.25) is 4.79 Å². The highest BCUT2D eigenvalue weighted by atomic mass is 32.1. The van der Waals surface area contributed by atoms with E-state index in [9.17, 15) is 4.79 Å². The van der Waals surface area contributed by atoms with Crippen molar-refractivity contribution < 1.29 is 4.79 Å². The van der Waals surface area contributed by atoms with Crippen LogP contribution in [0.2, 0.25) is 0 Å². The minimum atomic E-state index is 0.788. The van der Waals surface area contributed by atoms with Gasteiger partial charge in [-0.05, 0) is 29.7 Å². The van der Waals surface area contributed by atoms with Gasteiger partial charge in [-0.2, -0.15) is 0 Å². The largest absolute Gasteiger partial charge is 0.378 e. The molecule has 0 aliphatic rings. The average Bonchev–Trinajstić information content (AvgIpc) is 2.58. The van der Waals surface area contributed by atoms with Crippen LogP contribution in [0, 0.1) is 0 Å². The number of carbonyl (C=O) groups excluding carboxylic acids is 1. The van der Waals surface area contributed by atoms with Gasteiger partial charge in [-0.25, -0.2) is 0 Å². The summed E-state index contributed by atoms with van der Waals surface area (Å²) in [6.45, 7) is 0. The third-order valence-corrected chi connectivity index (χ3v) is 3.19. The second-order valence-electron chi connectivity index (χ2n) is 3.38. The van der Waals surface area contributed by atoms with Crippen LogP contribution in [0.4, 0.5) is 5.69 Å². The van der Waals surface area contributed by atoms with Gasteiger partial charge in [0, 0.05) is 24.5 Å². The molecular weight excluding hydrogens is 194 g/mol. The van der Waals surface area contributed by atoms with Crippen LogP contribution >= 0.6 is 11.3 Å². The van der Waals surface area contributed by atoms with Crippen molar-refractivity contribution in [2.45, 2.75) is 0 Å². The molecular formula is C11H11NOS. The third kappa shape index (κ3) is 1.51. The van der Waals surface area contributed by atoms with E-state index in [1.807, 2.05) is 20.2 Å². The molecule has 3 heteroatoms. The van der Waals surface area contributed by atoms with Crippen LogP contribution in [0.15, 0.2) is 24.3 Å². The topological polar surface area (TPSA) is 20.3 Å². The summed E-state index contributed by atoms with van der Waals surface area (Å²) in [4.78, 5) is 13.4. The summed E-state index contributed by atoms with van der Waals surface area (Å²) in [6, 6.07) is 8.15. The van der Waals surface area contributed by atoms with Crippen molar-refractivity contribution in [3.05, 3.63) is 29.1 Å². The van der Waals surface area contributed by atoms with Gasteiger partial charge in [-0.1, -0.05) is 0 Å². The highest BCUT2D eigenvalue weighted by Gasteiger charge is 2.02. The van der Waals surface area contributed by atoms with Crippen molar-refractivity contribution in [1.29, 1.82) is 0 Å². The lowest BCUT2D eigenvalue weighted by atomic mass is 10.2. The Bertz CT molecular complexity index is 473. The van der Waals surface area contributed by atoms with Crippen molar-refractivity contribution in [3.8, 4) is 0 Å². The fourth-order valence-electron chi connectivity index (χ4n) is 1.39. The molecule has 0 amide bonds. The number of aldehydes is 1. The van der Waals surface area contributed by atoms with E-state index >= 15 is 0 Å². The van der Waals surface area contributed by atoms with Crippen molar-refractivity contribution in [1.82, 2.24) is 0 Å². The summed E-state index contributed by atoms with van der Waals surface area (Å²) >= 11 is 1.53. The molecule has 0 atom stereocenters. The summed E-state index contributed by atoms with van der Waals surface area (Å²) in [5, 5.41) is 1.14. The summed E-state index contributed by atoms with van der Waals surface area (Å²) in [5.74, 6) is 0. The van der Waals surface area contributed by atoms with E-state index in [-0.39, 0.29) is 0 Å². The number of fused-ring (bicyclic) bond motifs is 1. The van der Waals surface area contributed by atoms with Gasteiger partial charge in [0.15, 0.2) is 6.29 Å². The zero-order valence-corrected chi connectivity index (χ0v) is 8.97. The standard InChI is InChI=1S/C11H11NOS/c1-12(2)9-3-4-11-8(5-9)6-10(7-13)14-11/h3-7H,1-2H3. The Morgan fingerprint density at radius 1 is 1.29 bits per heavy atom. The SMILES string of the molecule is CN(C)c1ccc2sc(C=O)cc2c1. The summed E-state index contributed by atoms with van der Waals surface area (Å²) in [5.41, 5.74) is 1.16. The monoisotopic (exact) mass is 205 g/mol. The van der Waals surface area contributed by atoms with Crippen molar-refractivity contribution in [2.24, 2.45) is 0 Å². The predicted molar refractivity (Wildman–Crippen MR) is 61.5 cm³/mol. The smallest absolute Gasteiger partial charge is 0.160 e. The van der Waals surface area contributed by atoms with Crippen LogP contribution in [0.25, 0.3) is 10.1 Å². The Morgan fingerprint density at radius 2 is 2.07 bits per heavy atom. The number of nitrogens with zero attached hydrogens (tertiary/aromatic N) is 1. The van der Waals surface area contributed by atoms with E-state index in [4.69, 9.17) is 0 Å². The van der Waals surface area contributed by atoms with Crippen molar-refractivity contribution in [2.75, 3.05) is 19.0 Å². The van der Waals surface area contributed by atoms with Gasteiger partial charge in [-0.15, -0.1) is 11.3 Å². The van der Waals surface area contributed by atoms with E-state index in [1.54, 1.807) is 0 Å². The maximum absolute atomic E-state index is 10.6. The van der Waals surface area contributed by atoms with E-state index in [2.05, 4.69) is 23.1 Å². The minimum Gasteiger partial charge on any atom is -0.378 e. The van der Waals surface area contributed by atoms with Crippen LogP contribution in [-0.2, 0) is 0 Å². The number of anilines is 1. The van der Waals surface area contributed by atoms with Crippen LogP contribution in [0.3, 0.4) is 0 Å². The fraction of sp³-hybridized carbons (Fsp3) is 0.182. The maximum Gasteiger partial charge on any atom is 0.160 e. The molecule has 0 saturated heterocycles. The predicted octanol–water partition coefficient (Wildman–Crippen LogP) is 2.78. The van der Waals surface area contributed by atoms with Gasteiger partial charge >= 0.3 is 0 Å². The van der Waals surface area contributed by atoms with Crippen molar-refractivity contribution >= 4 is 33.4 Å². The molecule has 1 heterocycles. The molecule has 1 aromatic carbocycles. The van der Waals surface area contributed by atoms with E-state index < -0.39 is 0 Å². The molecule has 0 fully saturated rings. The van der Waals surface area contributed by atoms with Gasteiger partial charge in [0.25, 0.3) is 0 Å². The lowest BCUT2D eigenvalue weighted by Crippen LogP contribution is -2.07. The Kier molecular flexibility index (Phi) is 2.25. The van der Waals surface area contributed by atoms with E-state index in [1.165, 1.54) is 11.3 Å². The zero-order chi connectivity index (χ0) is 10.1. The molecule has 14 heavy (non-hydrogen) atoms. The molecule has 2 rings (SSSR count). The molecule has 0 spiro atoms. The van der Waals surface area contributed by atoms with Crippen molar-refractivity contribution in [3.63, 3.8) is 0 Å². The number of rotatable bonds is 2. The van der Waals surface area contributed by atoms with Gasteiger partial charge in [0.1, 0.15) is 0 Å². The summed E-state index contributed by atoms with van der Waals surface area (Å²) in [7, 11) is 4.02. The first kappa shape index (κ1) is 9.21. The molecule has 0 N–H and O–H groups in total. The molecule has 0 aliphatic heterocycles. The third-order valence-electron chi connectivity index (χ3n) is 2.15. The highest BCUT2D eigenvalue weighted by molar-refractivity contribution is 7.20. The average molecular weight is 205 g/mol. The first-order valence-corrected chi connectivity index (χ1v) is 5.18. The molecule has 0 bridgehead atoms. The summed E-state index contributed by atoms with van der Waals surface area (Å²) < 4.78 is 1.16. The number of benzene rings is 1. The van der Waals surface area contributed by atoms with Crippen LogP contribution < -0.4 is 4.90 Å². The molecule has 72 valence electrons. The second kappa shape index (κ2) is 3.42. The molecule has 0 radical (unpaired) electrons. The van der Waals surface area contributed by atoms with Crippen LogP contribution in [0.1, 0.15) is 9.67 Å². The quantitative estimate of drug-likeness (QED) is 0.703. The Hall–Kier alpha value is -1.35. The number of carbonyl (C=O) groups is 1. The Morgan fingerprint density at radius 3 is 2.71 bits per heavy atom. The molecule has 0 aliphatic carbocycles. The van der Waals surface area contributed by atoms with Gasteiger partial charge in [0.2, 0.25) is 0 Å². The molecule has 0 unspecified atom stereocenters. The highest BCUT2D eigenvalue weighted by Crippen LogP contribution is 2.27. The molecule has 2 aromatic rings. The zero-order valence-electron chi connectivity index (χ0n) is 8.15. The van der Waals surface area contributed by atoms with Crippen LogP contribution in [0.5, 0.6) is 0 Å². The number of hydrogen-bond acceptors (Lipinski definition) is 3. The van der Waals surface area contributed by atoms with E-state index in [0.717, 1.165) is 26.9 Å². The molecule has 1 aromatic heterocycles. The molecule has 0 saturated carbocycles. The Labute approximate surface area is 86.8 Å². The Balaban J connectivity index is 2.59. The first-order chi connectivity index (χ1) is 6.70. The lowest BCUT2D eigenvalue weighted by Gasteiger charge is -2.11.